The van der Waals surface area contributed by atoms with Gasteiger partial charge in [-0.2, -0.15) is 94.1 Å². The summed E-state index contributed by atoms with van der Waals surface area (Å²) in [5.74, 6) is 16.4. The number of ether oxygens (including phenoxy) is 8. The fraction of sp³-hybridized carbons (Fsp3) is 1.00. The van der Waals surface area contributed by atoms with E-state index in [0.29, 0.717) is 178 Å². The van der Waals surface area contributed by atoms with Crippen LogP contribution >= 0.6 is 94.1 Å². The Balaban J connectivity index is 0.0000396. The van der Waals surface area contributed by atoms with Gasteiger partial charge in [0, 0.05) is 129 Å². The van der Waals surface area contributed by atoms with E-state index in [1.165, 1.54) is 0 Å². The van der Waals surface area contributed by atoms with Gasteiger partial charge in [-0.25, -0.2) is 0 Å². The lowest BCUT2D eigenvalue weighted by Crippen LogP contribution is -2.78. The van der Waals surface area contributed by atoms with E-state index in [1.807, 2.05) is 70.6 Å². The average Bonchev–Trinajstić information content (AvgIpc) is 0.728. The highest BCUT2D eigenvalue weighted by atomic mass is 32.2. The quantitative estimate of drug-likeness (QED) is 0.0442. The second-order valence-corrected chi connectivity index (χ2v) is 63.7. The van der Waals surface area contributed by atoms with Gasteiger partial charge in [0.2, 0.25) is 0 Å². The molecule has 36 heteroatoms. The van der Waals surface area contributed by atoms with Crippen LogP contribution in [0.3, 0.4) is 0 Å². The van der Waals surface area contributed by atoms with Gasteiger partial charge in [-0.1, -0.05) is 111 Å². The summed E-state index contributed by atoms with van der Waals surface area (Å²) < 4.78 is 130. The molecule has 3 saturated heterocycles. The van der Waals surface area contributed by atoms with Crippen LogP contribution in [0.15, 0.2) is 0 Å². The highest BCUT2D eigenvalue weighted by molar-refractivity contribution is 8.00. The highest BCUT2D eigenvalue weighted by Gasteiger charge is 2.72. The molecule has 3 N–H and O–H groups in total. The molecule has 0 radical (unpaired) electrons. The lowest BCUT2D eigenvalue weighted by molar-refractivity contribution is 0.0469. The summed E-state index contributed by atoms with van der Waals surface area (Å²) in [5, 5.41) is 0. The zero-order chi connectivity index (χ0) is 78.2. The Kier molecular flexibility index (Phi) is 67.2. The third kappa shape index (κ3) is 57.1. The fourth-order valence-electron chi connectivity index (χ4n) is 10.3. The van der Waals surface area contributed by atoms with Crippen LogP contribution in [0.25, 0.3) is 0 Å². The molecule has 3 aliphatic heterocycles. The molecule has 0 amide bonds. The van der Waals surface area contributed by atoms with Crippen molar-refractivity contribution < 1.29 is 89.3 Å². The molecule has 3 aliphatic rings. The Hall–Kier alpha value is 3.74. The Morgan fingerprint density at radius 1 is 0.241 bits per heavy atom. The molecule has 646 valence electrons. The SMILES string of the molecule is CC(C)CCOCCSCC[SiH]1O[SiH](CCSCCOCCC(C)C)O[Si]2(CCSCCOCCC(C)C)O[Si](CCSCCOCCC(C)C)(O1)O[Si]1(CCSCCOCCC(C)C)O[SiH](CCSCCOCCC(C)C)O[Si](O)(CCSCCOCCC(C)C)O[Si](CCSCCOCCC(C)C)(O2)O1.O. The van der Waals surface area contributed by atoms with Crippen LogP contribution in [0.4, 0.5) is 0 Å². The van der Waals surface area contributed by atoms with Crippen LogP contribution in [0, 0.1) is 47.3 Å². The number of hydrogen-bond donors (Lipinski definition) is 1. The third-order valence-corrected chi connectivity index (χ3v) is 59.3. The van der Waals surface area contributed by atoms with Crippen LogP contribution in [0.5, 0.6) is 0 Å². The molecule has 8 atom stereocenters. The van der Waals surface area contributed by atoms with E-state index >= 15 is 0 Å². The molecule has 3 rings (SSSR count). The second kappa shape index (κ2) is 67.3. The maximum atomic E-state index is 13.9. The van der Waals surface area contributed by atoms with Gasteiger partial charge in [0.15, 0.2) is 0 Å². The molecule has 8 unspecified atom stereocenters. The van der Waals surface area contributed by atoms with Crippen molar-refractivity contribution in [1.82, 2.24) is 0 Å². The smallest absolute Gasteiger partial charge is 0.420 e. The monoisotopic (exact) mass is 1820 g/mol. The van der Waals surface area contributed by atoms with E-state index in [2.05, 4.69) is 111 Å². The van der Waals surface area contributed by atoms with Gasteiger partial charge < -0.3 is 89.3 Å². The van der Waals surface area contributed by atoms with Gasteiger partial charge in [-0.05, 0) is 163 Å². The maximum Gasteiger partial charge on any atom is 0.482 e. The summed E-state index contributed by atoms with van der Waals surface area (Å²) in [4.78, 5) is 13.9. The first kappa shape index (κ1) is 108. The molecular formula is C72H158O20S8Si8. The number of rotatable bonds is 72. The predicted octanol–water partition coefficient (Wildman–Crippen LogP) is 16.1. The molecule has 4 bridgehead atoms. The molecule has 3 heterocycles. The van der Waals surface area contributed by atoms with Gasteiger partial charge in [0.1, 0.15) is 0 Å². The standard InChI is InChI=1S/C72H156O19S8Si8.H2O/c1-65(2)17-25-74-33-41-92-49-57-100-82-101(58-50-93-42-34-75-26-18-66(3)4)85-105(62-54-97-46-38-79-30-22-70(11)12)88-104(84-100,61-53-96-45-37-78-29-21-69(9)10)89-106(63-55-98-47-39-80-31-23-71(13)14)86-102(59-51-94-43-35-76-27-19-67(5)6)83-103(73,60-52-95-44-36-77-28-20-68(7)8)87-107(90-105,91-106)64-56-99-48-40-81-32-24-72(15)16;/h65-73,100-102H,17-64H2,1-16H3;1H2. The number of thioether (sulfide) groups is 8. The first-order chi connectivity index (χ1) is 51.4. The third-order valence-electron chi connectivity index (χ3n) is 17.1. The molecule has 0 aliphatic carbocycles. The van der Waals surface area contributed by atoms with Crippen LogP contribution in [-0.2, 0) is 79.0 Å². The molecule has 0 aromatic heterocycles. The summed E-state index contributed by atoms with van der Waals surface area (Å²) in [6.45, 7) is 46.8. The lowest BCUT2D eigenvalue weighted by Gasteiger charge is -2.55. The molecule has 0 spiro atoms. The minimum atomic E-state index is -4.40. The van der Waals surface area contributed by atoms with E-state index in [-0.39, 0.29) is 11.5 Å². The van der Waals surface area contributed by atoms with Crippen molar-refractivity contribution in [3.63, 3.8) is 0 Å². The molecule has 20 nitrogen and oxygen atoms in total. The van der Waals surface area contributed by atoms with Gasteiger partial charge in [-0.15, -0.1) is 0 Å². The number of fused-ring (bicyclic) bond motifs is 4. The minimum Gasteiger partial charge on any atom is -0.420 e. The van der Waals surface area contributed by atoms with Crippen LogP contribution in [-0.4, -0.2) is 280 Å². The van der Waals surface area contributed by atoms with Crippen molar-refractivity contribution in [2.75, 3.05) is 198 Å². The molecule has 0 aromatic rings. The Labute approximate surface area is 704 Å². The Bertz CT molecular complexity index is 2050. The summed E-state index contributed by atoms with van der Waals surface area (Å²) in [7, 11) is -29.8. The van der Waals surface area contributed by atoms with Crippen LogP contribution in [0.1, 0.15) is 162 Å². The first-order valence-corrected chi connectivity index (χ1v) is 65.4. The van der Waals surface area contributed by atoms with E-state index in [0.717, 1.165) is 161 Å². The van der Waals surface area contributed by atoms with Crippen LogP contribution in [0.2, 0.25) is 48.4 Å². The summed E-state index contributed by atoms with van der Waals surface area (Å²) in [6.07, 6.45) is 8.15. The average molecular weight is 1830 g/mol. The largest absolute Gasteiger partial charge is 0.482 e. The normalized spacial score (nSPS) is 23.7. The van der Waals surface area contributed by atoms with Gasteiger partial charge >= 0.3 is 71.9 Å². The predicted molar refractivity (Wildman–Crippen MR) is 486 cm³/mol. The molecule has 3 fully saturated rings. The van der Waals surface area contributed by atoms with Crippen molar-refractivity contribution >= 4 is 166 Å². The second-order valence-electron chi connectivity index (χ2n) is 31.2. The van der Waals surface area contributed by atoms with Crippen molar-refractivity contribution in [3.8, 4) is 0 Å². The van der Waals surface area contributed by atoms with Gasteiger partial charge in [0.25, 0.3) is 0 Å². The molecule has 108 heavy (non-hydrogen) atoms. The van der Waals surface area contributed by atoms with Gasteiger partial charge in [-0.3, -0.25) is 0 Å². The molecule has 0 saturated carbocycles. The van der Waals surface area contributed by atoms with E-state index in [9.17, 15) is 4.80 Å². The zero-order valence-electron chi connectivity index (χ0n) is 70.4. The molecular weight excluding hydrogens is 1670 g/mol. The first-order valence-electron chi connectivity index (χ1n) is 41.2. The Morgan fingerprint density at radius 3 is 0.694 bits per heavy atom. The lowest BCUT2D eigenvalue weighted by atomic mass is 10.1. The topological polar surface area (TPSA) is 218 Å². The maximum absolute atomic E-state index is 13.9. The van der Waals surface area contributed by atoms with E-state index < -0.39 is 71.9 Å². The Morgan fingerprint density at radius 2 is 0.444 bits per heavy atom. The van der Waals surface area contributed by atoms with Crippen molar-refractivity contribution in [2.45, 2.75) is 210 Å². The summed E-state index contributed by atoms with van der Waals surface area (Å²) >= 11 is 14.6. The molecule has 0 aromatic carbocycles. The summed E-state index contributed by atoms with van der Waals surface area (Å²) in [6, 6.07) is 3.84. The van der Waals surface area contributed by atoms with E-state index in [4.69, 9.17) is 79.0 Å². The van der Waals surface area contributed by atoms with Crippen molar-refractivity contribution in [3.05, 3.63) is 0 Å². The van der Waals surface area contributed by atoms with Crippen LogP contribution < -0.4 is 0 Å². The van der Waals surface area contributed by atoms with Crippen molar-refractivity contribution in [2.24, 2.45) is 47.3 Å². The van der Waals surface area contributed by atoms with E-state index in [1.54, 1.807) is 23.5 Å². The highest BCUT2D eigenvalue weighted by Crippen LogP contribution is 2.46. The van der Waals surface area contributed by atoms with Crippen molar-refractivity contribution in [1.29, 1.82) is 0 Å². The minimum absolute atomic E-state index is 0. The summed E-state index contributed by atoms with van der Waals surface area (Å²) in [5.41, 5.74) is 0. The fourth-order valence-corrected chi connectivity index (χ4v) is 62.0. The number of hydrogen-bond acceptors (Lipinski definition) is 27. The van der Waals surface area contributed by atoms with Gasteiger partial charge in [0.05, 0.1) is 52.9 Å². The zero-order valence-corrected chi connectivity index (χ0v) is 85.3.